The van der Waals surface area contributed by atoms with E-state index in [0.717, 1.165) is 5.56 Å². The number of thiocarbonyl (C=S) groups is 1. The van der Waals surface area contributed by atoms with Crippen molar-refractivity contribution in [2.45, 2.75) is 0 Å². The molecule has 0 aromatic heterocycles. The molecule has 1 aromatic rings. The molecule has 0 unspecified atom stereocenters. The van der Waals surface area contributed by atoms with Gasteiger partial charge in [-0.05, 0) is 24.4 Å². The highest BCUT2D eigenvalue weighted by Gasteiger charge is 2.12. The Balaban J connectivity index is 2.99. The van der Waals surface area contributed by atoms with E-state index in [1.54, 1.807) is 46.7 Å². The Kier molecular flexibility index (Phi) is 5.87. The van der Waals surface area contributed by atoms with Gasteiger partial charge < -0.3 is 19.5 Å². The van der Waals surface area contributed by atoms with Crippen LogP contribution in [0.25, 0.3) is 0 Å². The summed E-state index contributed by atoms with van der Waals surface area (Å²) < 4.78 is 15.7. The van der Waals surface area contributed by atoms with Crippen LogP contribution in [-0.2, 0) is 0 Å². The lowest BCUT2D eigenvalue weighted by molar-refractivity contribution is 0.324. The van der Waals surface area contributed by atoms with Crippen LogP contribution in [0.2, 0.25) is 0 Å². The summed E-state index contributed by atoms with van der Waals surface area (Å²) in [5.41, 5.74) is 3.45. The number of methoxy groups -OCH3 is 3. The Labute approximate surface area is 117 Å². The van der Waals surface area contributed by atoms with Crippen molar-refractivity contribution in [2.75, 3.05) is 28.4 Å². The van der Waals surface area contributed by atoms with Gasteiger partial charge in [0.15, 0.2) is 16.6 Å². The van der Waals surface area contributed by atoms with Gasteiger partial charge >= 0.3 is 0 Å². The minimum Gasteiger partial charge on any atom is -0.493 e. The maximum Gasteiger partial charge on any atom is 0.203 e. The Morgan fingerprint density at radius 1 is 1.16 bits per heavy atom. The van der Waals surface area contributed by atoms with Gasteiger partial charge in [-0.15, -0.1) is 0 Å². The lowest BCUT2D eigenvalue weighted by atomic mass is 10.2. The largest absolute Gasteiger partial charge is 0.493 e. The first-order valence-electron chi connectivity index (χ1n) is 5.47. The van der Waals surface area contributed by atoms with Gasteiger partial charge in [0.1, 0.15) is 0 Å². The van der Waals surface area contributed by atoms with Crippen LogP contribution in [0.1, 0.15) is 5.56 Å². The average molecular weight is 283 g/mol. The predicted molar refractivity (Wildman–Crippen MR) is 78.5 cm³/mol. The highest BCUT2D eigenvalue weighted by molar-refractivity contribution is 7.80. The fraction of sp³-hybridized carbons (Fsp3) is 0.333. The number of nitrogens with one attached hydrogen (secondary N) is 2. The predicted octanol–water partition coefficient (Wildman–Crippen LogP) is 1.14. The Morgan fingerprint density at radius 2 is 1.74 bits per heavy atom. The highest BCUT2D eigenvalue weighted by atomic mass is 32.1. The first-order valence-corrected chi connectivity index (χ1v) is 5.87. The summed E-state index contributed by atoms with van der Waals surface area (Å²) in [6.45, 7) is 0. The number of rotatable bonds is 5. The zero-order valence-corrected chi connectivity index (χ0v) is 12.1. The van der Waals surface area contributed by atoms with Crippen LogP contribution in [0.5, 0.6) is 17.2 Å². The van der Waals surface area contributed by atoms with E-state index in [4.69, 9.17) is 26.4 Å². The number of hydrazone groups is 1. The molecule has 0 aliphatic rings. The van der Waals surface area contributed by atoms with E-state index >= 15 is 0 Å². The second kappa shape index (κ2) is 7.42. The van der Waals surface area contributed by atoms with Gasteiger partial charge in [-0.3, -0.25) is 5.43 Å². The quantitative estimate of drug-likeness (QED) is 0.480. The molecule has 0 spiro atoms. The van der Waals surface area contributed by atoms with Crippen LogP contribution >= 0.6 is 12.2 Å². The number of benzene rings is 1. The summed E-state index contributed by atoms with van der Waals surface area (Å²) in [6, 6.07) is 3.57. The van der Waals surface area contributed by atoms with E-state index in [1.165, 1.54) is 0 Å². The fourth-order valence-corrected chi connectivity index (χ4v) is 1.45. The van der Waals surface area contributed by atoms with Crippen LogP contribution in [0.4, 0.5) is 0 Å². The molecule has 19 heavy (non-hydrogen) atoms. The van der Waals surface area contributed by atoms with Crippen LogP contribution in [-0.4, -0.2) is 39.7 Å². The monoisotopic (exact) mass is 283 g/mol. The summed E-state index contributed by atoms with van der Waals surface area (Å²) >= 11 is 4.90. The molecule has 7 heteroatoms. The van der Waals surface area contributed by atoms with E-state index in [2.05, 4.69) is 15.8 Å². The molecule has 0 heterocycles. The molecule has 1 rings (SSSR count). The Bertz CT molecular complexity index is 452. The fourth-order valence-electron chi connectivity index (χ4n) is 1.40. The maximum absolute atomic E-state index is 5.24. The van der Waals surface area contributed by atoms with E-state index in [0.29, 0.717) is 22.4 Å². The summed E-state index contributed by atoms with van der Waals surface area (Å²) in [4.78, 5) is 0. The Morgan fingerprint density at radius 3 is 2.16 bits per heavy atom. The minimum atomic E-state index is 0.434. The standard InChI is InChI=1S/C12H17N3O3S/c1-13-12(19)15-14-7-8-5-9(16-2)11(18-4)10(6-8)17-3/h5-7H,1-4H3,(H2,13,15,19). The summed E-state index contributed by atoms with van der Waals surface area (Å²) in [5.74, 6) is 1.68. The number of hydrogen-bond donors (Lipinski definition) is 2. The third-order valence-corrected chi connectivity index (χ3v) is 2.59. The first-order chi connectivity index (χ1) is 9.15. The summed E-state index contributed by atoms with van der Waals surface area (Å²) in [6.07, 6.45) is 1.61. The normalized spacial score (nSPS) is 10.1. The van der Waals surface area contributed by atoms with Gasteiger partial charge in [-0.1, -0.05) is 0 Å². The van der Waals surface area contributed by atoms with Crippen LogP contribution in [0.15, 0.2) is 17.2 Å². The molecule has 104 valence electrons. The highest BCUT2D eigenvalue weighted by Crippen LogP contribution is 2.37. The van der Waals surface area contributed by atoms with Crippen molar-refractivity contribution < 1.29 is 14.2 Å². The summed E-state index contributed by atoms with van der Waals surface area (Å²) in [5, 5.41) is 7.17. The van der Waals surface area contributed by atoms with Gasteiger partial charge in [0.2, 0.25) is 5.75 Å². The van der Waals surface area contributed by atoms with Gasteiger partial charge in [0, 0.05) is 12.6 Å². The number of ether oxygens (including phenoxy) is 3. The molecule has 1 aromatic carbocycles. The van der Waals surface area contributed by atoms with Gasteiger partial charge in [0.05, 0.1) is 27.5 Å². The molecule has 0 aliphatic heterocycles. The smallest absolute Gasteiger partial charge is 0.203 e. The molecule has 0 amide bonds. The van der Waals surface area contributed by atoms with Crippen LogP contribution in [0.3, 0.4) is 0 Å². The van der Waals surface area contributed by atoms with Gasteiger partial charge in [0.25, 0.3) is 0 Å². The van der Waals surface area contributed by atoms with E-state index < -0.39 is 0 Å². The summed E-state index contributed by atoms with van der Waals surface area (Å²) in [7, 11) is 6.39. The van der Waals surface area contributed by atoms with Crippen molar-refractivity contribution in [3.05, 3.63) is 17.7 Å². The van der Waals surface area contributed by atoms with E-state index in [1.807, 2.05) is 0 Å². The van der Waals surface area contributed by atoms with Gasteiger partial charge in [-0.2, -0.15) is 5.10 Å². The van der Waals surface area contributed by atoms with Crippen molar-refractivity contribution in [3.63, 3.8) is 0 Å². The molecular weight excluding hydrogens is 266 g/mol. The second-order valence-corrected chi connectivity index (χ2v) is 3.82. The third-order valence-electron chi connectivity index (χ3n) is 2.29. The average Bonchev–Trinajstić information content (AvgIpc) is 2.45. The van der Waals surface area contributed by atoms with Crippen LogP contribution in [0, 0.1) is 0 Å². The van der Waals surface area contributed by atoms with Gasteiger partial charge in [-0.25, -0.2) is 0 Å². The van der Waals surface area contributed by atoms with Crippen molar-refractivity contribution >= 4 is 23.5 Å². The second-order valence-electron chi connectivity index (χ2n) is 3.41. The zero-order chi connectivity index (χ0) is 14.3. The lowest BCUT2D eigenvalue weighted by Crippen LogP contribution is -2.28. The number of hydrogen-bond acceptors (Lipinski definition) is 5. The SMILES string of the molecule is CNC(=S)NN=Cc1cc(OC)c(OC)c(OC)c1. The molecule has 0 fully saturated rings. The lowest BCUT2D eigenvalue weighted by Gasteiger charge is -2.12. The topological polar surface area (TPSA) is 64.1 Å². The zero-order valence-electron chi connectivity index (χ0n) is 11.3. The molecule has 0 atom stereocenters. The molecule has 0 saturated heterocycles. The molecule has 0 radical (unpaired) electrons. The number of nitrogens with zero attached hydrogens (tertiary/aromatic N) is 1. The van der Waals surface area contributed by atoms with E-state index in [9.17, 15) is 0 Å². The van der Waals surface area contributed by atoms with E-state index in [-0.39, 0.29) is 0 Å². The molecule has 0 aliphatic carbocycles. The molecule has 6 nitrogen and oxygen atoms in total. The Hall–Kier alpha value is -2.02. The van der Waals surface area contributed by atoms with Crippen molar-refractivity contribution in [2.24, 2.45) is 5.10 Å². The third kappa shape index (κ3) is 3.99. The molecule has 0 bridgehead atoms. The molecular formula is C12H17N3O3S. The molecule has 0 saturated carbocycles. The minimum absolute atomic E-state index is 0.434. The molecule has 2 N–H and O–H groups in total. The van der Waals surface area contributed by atoms with Crippen molar-refractivity contribution in [3.8, 4) is 17.2 Å². The van der Waals surface area contributed by atoms with Crippen molar-refractivity contribution in [1.82, 2.24) is 10.7 Å². The van der Waals surface area contributed by atoms with Crippen LogP contribution < -0.4 is 25.0 Å². The maximum atomic E-state index is 5.24. The first kappa shape index (κ1) is 15.0. The van der Waals surface area contributed by atoms with Crippen molar-refractivity contribution in [1.29, 1.82) is 0 Å².